The molecule has 1 unspecified atom stereocenters. The van der Waals surface area contributed by atoms with Crippen LogP contribution in [0.25, 0.3) is 0 Å². The highest BCUT2D eigenvalue weighted by Gasteiger charge is 2.20. The van der Waals surface area contributed by atoms with Crippen molar-refractivity contribution in [2.45, 2.75) is 68.7 Å². The van der Waals surface area contributed by atoms with Crippen molar-refractivity contribution in [1.82, 2.24) is 14.5 Å². The Morgan fingerprint density at radius 2 is 1.51 bits per heavy atom. The molecule has 0 saturated heterocycles. The molecule has 1 atom stereocenters. The van der Waals surface area contributed by atoms with E-state index in [0.717, 1.165) is 62.0 Å². The first-order valence-electron chi connectivity index (χ1n) is 16.0. The Balaban J connectivity index is 0.00000300. The van der Waals surface area contributed by atoms with E-state index in [0.29, 0.717) is 11.9 Å². The van der Waals surface area contributed by atoms with Crippen LogP contribution in [-0.4, -0.2) is 55.5 Å². The third-order valence-electron chi connectivity index (χ3n) is 8.51. The zero-order valence-corrected chi connectivity index (χ0v) is 30.4. The van der Waals surface area contributed by atoms with E-state index in [1.807, 2.05) is 34.9 Å². The van der Waals surface area contributed by atoms with Gasteiger partial charge in [0.2, 0.25) is 0 Å². The maximum absolute atomic E-state index is 6.22. The first-order chi connectivity index (χ1) is 22.1. The highest BCUT2D eigenvalue weighted by Crippen LogP contribution is 2.42. The summed E-state index contributed by atoms with van der Waals surface area (Å²) in [6, 6.07) is 19.6. The molecule has 0 amide bonds. The predicted octanol–water partition coefficient (Wildman–Crippen LogP) is 8.98. The standard InChI is InChI=1S/C37H47N3O4S.2ClH/c1-28-10-13-32(14-11-28)45-37(30-12-15-33(41-2)36(24-30)44-22-21-40-20-17-38-27-40)9-7-5-6-8-18-39-19-16-29-23-34(42-3)35(43-4)25-31(29)26-39;;/h10-15,17,20,23-25,27,37H,5-9,16,18-19,21-22,26H2,1-4H3;2*1H. The van der Waals surface area contributed by atoms with Crippen molar-refractivity contribution in [1.29, 1.82) is 0 Å². The number of thioether (sulfide) groups is 1. The summed E-state index contributed by atoms with van der Waals surface area (Å²) in [6.45, 7) is 6.64. The Morgan fingerprint density at radius 3 is 2.21 bits per heavy atom. The van der Waals surface area contributed by atoms with Crippen molar-refractivity contribution in [3.05, 3.63) is 95.6 Å². The highest BCUT2D eigenvalue weighted by molar-refractivity contribution is 7.99. The van der Waals surface area contributed by atoms with Crippen molar-refractivity contribution in [2.24, 2.45) is 0 Å². The molecule has 47 heavy (non-hydrogen) atoms. The van der Waals surface area contributed by atoms with E-state index in [9.17, 15) is 0 Å². The molecule has 0 N–H and O–H groups in total. The SMILES string of the molecule is COc1cc2c(cc1OC)CN(CCCCCCC(Sc1ccc(C)cc1)c1ccc(OC)c(OCCn3ccnc3)c1)CC2.Cl.Cl. The number of imidazole rings is 1. The summed E-state index contributed by atoms with van der Waals surface area (Å²) in [6.07, 6.45) is 12.6. The molecule has 3 aromatic carbocycles. The van der Waals surface area contributed by atoms with Crippen LogP contribution < -0.4 is 18.9 Å². The number of unbranched alkanes of at least 4 members (excludes halogenated alkanes) is 3. The smallest absolute Gasteiger partial charge is 0.161 e. The number of hydrogen-bond acceptors (Lipinski definition) is 7. The summed E-state index contributed by atoms with van der Waals surface area (Å²) >= 11 is 1.94. The van der Waals surface area contributed by atoms with Crippen molar-refractivity contribution in [3.8, 4) is 23.0 Å². The molecule has 5 rings (SSSR count). The minimum atomic E-state index is 0. The van der Waals surface area contributed by atoms with E-state index in [2.05, 4.69) is 65.3 Å². The third kappa shape index (κ3) is 11.0. The van der Waals surface area contributed by atoms with Crippen LogP contribution in [0.5, 0.6) is 23.0 Å². The molecule has 256 valence electrons. The summed E-state index contributed by atoms with van der Waals surface area (Å²) in [4.78, 5) is 8.00. The lowest BCUT2D eigenvalue weighted by Crippen LogP contribution is -2.31. The van der Waals surface area contributed by atoms with Crippen LogP contribution in [-0.2, 0) is 19.5 Å². The van der Waals surface area contributed by atoms with Gasteiger partial charge in [-0.05, 0) is 85.8 Å². The van der Waals surface area contributed by atoms with Gasteiger partial charge in [0.05, 0.1) is 34.2 Å². The van der Waals surface area contributed by atoms with Crippen LogP contribution in [0.15, 0.2) is 78.2 Å². The molecule has 2 heterocycles. The van der Waals surface area contributed by atoms with Gasteiger partial charge in [-0.15, -0.1) is 36.6 Å². The lowest BCUT2D eigenvalue weighted by Gasteiger charge is -2.29. The summed E-state index contributed by atoms with van der Waals surface area (Å²) in [7, 11) is 5.12. The fraction of sp³-hybridized carbons (Fsp3) is 0.432. The Kier molecular flexibility index (Phi) is 16.1. The van der Waals surface area contributed by atoms with Gasteiger partial charge < -0.3 is 23.5 Å². The topological polar surface area (TPSA) is 58.0 Å². The Hall–Kier alpha value is -3.04. The van der Waals surface area contributed by atoms with Gasteiger partial charge >= 0.3 is 0 Å². The van der Waals surface area contributed by atoms with E-state index >= 15 is 0 Å². The van der Waals surface area contributed by atoms with E-state index in [1.165, 1.54) is 52.8 Å². The molecule has 0 spiro atoms. The minimum absolute atomic E-state index is 0. The molecule has 1 aromatic heterocycles. The van der Waals surface area contributed by atoms with Gasteiger partial charge in [-0.2, -0.15) is 0 Å². The monoisotopic (exact) mass is 701 g/mol. The number of benzene rings is 3. The van der Waals surface area contributed by atoms with E-state index in [-0.39, 0.29) is 24.8 Å². The van der Waals surface area contributed by atoms with Crippen LogP contribution in [0.2, 0.25) is 0 Å². The Morgan fingerprint density at radius 1 is 0.787 bits per heavy atom. The summed E-state index contributed by atoms with van der Waals surface area (Å²) in [5, 5.41) is 0.333. The Labute approximate surface area is 297 Å². The molecule has 1 aliphatic heterocycles. The van der Waals surface area contributed by atoms with Crippen molar-refractivity contribution < 1.29 is 18.9 Å². The van der Waals surface area contributed by atoms with Gasteiger partial charge in [-0.3, -0.25) is 4.90 Å². The molecule has 4 aromatic rings. The fourth-order valence-electron chi connectivity index (χ4n) is 5.91. The first-order valence-corrected chi connectivity index (χ1v) is 16.9. The second-order valence-corrected chi connectivity index (χ2v) is 13.0. The molecule has 1 aliphatic rings. The molecule has 0 fully saturated rings. The first kappa shape index (κ1) is 38.4. The maximum atomic E-state index is 6.22. The predicted molar refractivity (Wildman–Crippen MR) is 197 cm³/mol. The minimum Gasteiger partial charge on any atom is -0.493 e. The van der Waals surface area contributed by atoms with Gasteiger partial charge in [0.15, 0.2) is 23.0 Å². The molecule has 0 saturated carbocycles. The van der Waals surface area contributed by atoms with Crippen LogP contribution >= 0.6 is 36.6 Å². The molecular weight excluding hydrogens is 653 g/mol. The average molecular weight is 703 g/mol. The molecular formula is C37H49Cl2N3O4S. The van der Waals surface area contributed by atoms with E-state index in [4.69, 9.17) is 18.9 Å². The number of aromatic nitrogens is 2. The number of ether oxygens (including phenoxy) is 4. The van der Waals surface area contributed by atoms with E-state index in [1.54, 1.807) is 27.5 Å². The van der Waals surface area contributed by atoms with Gasteiger partial charge in [-0.25, -0.2) is 4.98 Å². The lowest BCUT2D eigenvalue weighted by molar-refractivity contribution is 0.246. The summed E-state index contributed by atoms with van der Waals surface area (Å²) in [5.41, 5.74) is 5.30. The number of fused-ring (bicyclic) bond motifs is 1. The van der Waals surface area contributed by atoms with Crippen molar-refractivity contribution >= 4 is 36.6 Å². The third-order valence-corrected chi connectivity index (χ3v) is 9.85. The number of halogens is 2. The average Bonchev–Trinajstić information content (AvgIpc) is 3.59. The quantitative estimate of drug-likeness (QED) is 0.0805. The van der Waals surface area contributed by atoms with Gasteiger partial charge in [-0.1, -0.05) is 43.0 Å². The summed E-state index contributed by atoms with van der Waals surface area (Å²) < 4.78 is 24.9. The van der Waals surface area contributed by atoms with Crippen LogP contribution in [0.3, 0.4) is 0 Å². The van der Waals surface area contributed by atoms with Crippen LogP contribution in [0.1, 0.15) is 59.6 Å². The number of nitrogens with zero attached hydrogens (tertiary/aromatic N) is 3. The fourth-order valence-corrected chi connectivity index (χ4v) is 7.10. The maximum Gasteiger partial charge on any atom is 0.161 e. The zero-order chi connectivity index (χ0) is 31.4. The summed E-state index contributed by atoms with van der Waals surface area (Å²) in [5.74, 6) is 3.21. The number of aryl methyl sites for hydroxylation is 1. The van der Waals surface area contributed by atoms with Gasteiger partial charge in [0.25, 0.3) is 0 Å². The zero-order valence-electron chi connectivity index (χ0n) is 28.0. The Bertz CT molecular complexity index is 1490. The van der Waals surface area contributed by atoms with Crippen molar-refractivity contribution in [3.63, 3.8) is 0 Å². The number of rotatable bonds is 17. The molecule has 7 nitrogen and oxygen atoms in total. The second-order valence-electron chi connectivity index (χ2n) is 11.7. The van der Waals surface area contributed by atoms with Gasteiger partial charge in [0.1, 0.15) is 6.61 Å². The van der Waals surface area contributed by atoms with Gasteiger partial charge in [0, 0.05) is 35.6 Å². The van der Waals surface area contributed by atoms with E-state index < -0.39 is 0 Å². The van der Waals surface area contributed by atoms with Crippen molar-refractivity contribution in [2.75, 3.05) is 41.0 Å². The normalized spacial score (nSPS) is 13.1. The molecule has 0 radical (unpaired) electrons. The number of hydrogen-bond donors (Lipinski definition) is 0. The number of methoxy groups -OCH3 is 3. The van der Waals surface area contributed by atoms with Crippen LogP contribution in [0, 0.1) is 6.92 Å². The lowest BCUT2D eigenvalue weighted by atomic mass is 9.98. The molecule has 0 aliphatic carbocycles. The second kappa shape index (κ2) is 19.7. The molecule has 0 bridgehead atoms. The highest BCUT2D eigenvalue weighted by atomic mass is 35.5. The van der Waals surface area contributed by atoms with Crippen LogP contribution in [0.4, 0.5) is 0 Å². The largest absolute Gasteiger partial charge is 0.493 e. The molecule has 10 heteroatoms.